The zero-order chi connectivity index (χ0) is 13.8. The second-order valence-corrected chi connectivity index (χ2v) is 3.57. The third-order valence-electron chi connectivity index (χ3n) is 2.39. The number of hydrogen-bond donors (Lipinski definition) is 0. The van der Waals surface area contributed by atoms with Gasteiger partial charge < -0.3 is 4.74 Å². The summed E-state index contributed by atoms with van der Waals surface area (Å²) in [5.41, 5.74) is -0.110. The molecule has 0 amide bonds. The van der Waals surface area contributed by atoms with Gasteiger partial charge in [-0.1, -0.05) is 0 Å². The van der Waals surface area contributed by atoms with Gasteiger partial charge in [0.25, 0.3) is 0 Å². The van der Waals surface area contributed by atoms with E-state index < -0.39 is 12.4 Å². The molecule has 98 valence electrons. The number of nitrogens with zero attached hydrogens (tertiary/aromatic N) is 3. The van der Waals surface area contributed by atoms with Gasteiger partial charge in [0, 0.05) is 18.5 Å². The third kappa shape index (κ3) is 2.85. The summed E-state index contributed by atoms with van der Waals surface area (Å²) in [7, 11) is 0. The molecular weight excluding hydrogens is 259 g/mol. The Morgan fingerprint density at radius 3 is 2.84 bits per heavy atom. The summed E-state index contributed by atoms with van der Waals surface area (Å²) in [5, 5.41) is 8.56. The monoisotopic (exact) mass is 267 g/mol. The summed E-state index contributed by atoms with van der Waals surface area (Å²) in [6.45, 7) is -2.93. The van der Waals surface area contributed by atoms with Gasteiger partial charge in [0.2, 0.25) is 0 Å². The molecule has 0 saturated heterocycles. The number of hydrogen-bond acceptors (Lipinski definition) is 3. The number of benzene rings is 1. The van der Waals surface area contributed by atoms with Gasteiger partial charge in [-0.3, -0.25) is 4.57 Å². The Morgan fingerprint density at radius 1 is 1.42 bits per heavy atom. The standard InChI is InChI=1S/C12H8F3N3O/c13-10-5-9(2-1-8(10)6-16)19-7-11-17-3-4-18(11)12(14)15/h1-5,12H,7H2. The van der Waals surface area contributed by atoms with Gasteiger partial charge in [0.15, 0.2) is 5.82 Å². The average Bonchev–Trinajstić information content (AvgIpc) is 2.85. The van der Waals surface area contributed by atoms with E-state index in [1.807, 2.05) is 0 Å². The second-order valence-electron chi connectivity index (χ2n) is 3.57. The lowest BCUT2D eigenvalue weighted by Crippen LogP contribution is -2.07. The SMILES string of the molecule is N#Cc1ccc(OCc2nccn2C(F)F)cc1F. The minimum atomic E-state index is -2.71. The van der Waals surface area contributed by atoms with Crippen LogP contribution in [0.3, 0.4) is 0 Å². The van der Waals surface area contributed by atoms with Crippen molar-refractivity contribution in [3.63, 3.8) is 0 Å². The van der Waals surface area contributed by atoms with Crippen molar-refractivity contribution in [1.29, 1.82) is 5.26 Å². The van der Waals surface area contributed by atoms with Crippen molar-refractivity contribution in [1.82, 2.24) is 9.55 Å². The van der Waals surface area contributed by atoms with Gasteiger partial charge in [-0.25, -0.2) is 9.37 Å². The van der Waals surface area contributed by atoms with Crippen LogP contribution in [0.5, 0.6) is 5.75 Å². The number of nitriles is 1. The fourth-order valence-electron chi connectivity index (χ4n) is 1.46. The van der Waals surface area contributed by atoms with E-state index in [-0.39, 0.29) is 23.7 Å². The predicted molar refractivity (Wildman–Crippen MR) is 58.9 cm³/mol. The maximum Gasteiger partial charge on any atom is 0.320 e. The highest BCUT2D eigenvalue weighted by atomic mass is 19.3. The van der Waals surface area contributed by atoms with Crippen LogP contribution in [-0.2, 0) is 6.61 Å². The highest BCUT2D eigenvalue weighted by Crippen LogP contribution is 2.18. The Kier molecular flexibility index (Phi) is 3.71. The maximum absolute atomic E-state index is 13.3. The molecule has 1 aromatic carbocycles. The Bertz CT molecular complexity index is 619. The summed E-state index contributed by atoms with van der Waals surface area (Å²) >= 11 is 0. The van der Waals surface area contributed by atoms with Crippen molar-refractivity contribution in [3.05, 3.63) is 47.8 Å². The van der Waals surface area contributed by atoms with E-state index in [1.54, 1.807) is 6.07 Å². The van der Waals surface area contributed by atoms with Crippen molar-refractivity contribution in [2.75, 3.05) is 0 Å². The van der Waals surface area contributed by atoms with Gasteiger partial charge >= 0.3 is 6.55 Å². The zero-order valence-corrected chi connectivity index (χ0v) is 9.55. The van der Waals surface area contributed by atoms with E-state index >= 15 is 0 Å². The summed E-state index contributed by atoms with van der Waals surface area (Å²) in [6, 6.07) is 5.33. The van der Waals surface area contributed by atoms with Crippen LogP contribution >= 0.6 is 0 Å². The molecule has 2 rings (SSSR count). The van der Waals surface area contributed by atoms with Crippen molar-refractivity contribution >= 4 is 0 Å². The molecule has 0 aliphatic heterocycles. The van der Waals surface area contributed by atoms with Gasteiger partial charge in [-0.15, -0.1) is 0 Å². The third-order valence-corrected chi connectivity index (χ3v) is 2.39. The van der Waals surface area contributed by atoms with Gasteiger partial charge in [0.1, 0.15) is 24.2 Å². The Hall–Kier alpha value is -2.49. The van der Waals surface area contributed by atoms with Crippen LogP contribution in [0.4, 0.5) is 13.2 Å². The van der Waals surface area contributed by atoms with E-state index in [1.165, 1.54) is 18.3 Å². The van der Waals surface area contributed by atoms with Crippen LogP contribution in [0.25, 0.3) is 0 Å². The van der Waals surface area contributed by atoms with Crippen molar-refractivity contribution in [2.24, 2.45) is 0 Å². The van der Waals surface area contributed by atoms with Crippen molar-refractivity contribution in [2.45, 2.75) is 13.2 Å². The summed E-state index contributed by atoms with van der Waals surface area (Å²) in [6.07, 6.45) is 2.35. The molecule has 0 aliphatic rings. The van der Waals surface area contributed by atoms with Crippen LogP contribution in [-0.4, -0.2) is 9.55 Å². The van der Waals surface area contributed by atoms with Gasteiger partial charge in [-0.2, -0.15) is 14.0 Å². The number of ether oxygens (including phenoxy) is 1. The molecule has 0 saturated carbocycles. The van der Waals surface area contributed by atoms with Crippen LogP contribution < -0.4 is 4.74 Å². The first-order valence-corrected chi connectivity index (χ1v) is 5.24. The second kappa shape index (κ2) is 5.44. The number of alkyl halides is 2. The molecule has 0 unspecified atom stereocenters. The molecule has 0 fully saturated rings. The van der Waals surface area contributed by atoms with Crippen LogP contribution in [0.1, 0.15) is 17.9 Å². The van der Waals surface area contributed by atoms with E-state index in [0.29, 0.717) is 4.57 Å². The van der Waals surface area contributed by atoms with E-state index in [0.717, 1.165) is 12.3 Å². The Labute approximate surface area is 106 Å². The lowest BCUT2D eigenvalue weighted by atomic mass is 10.2. The molecule has 7 heteroatoms. The smallest absolute Gasteiger partial charge is 0.320 e. The van der Waals surface area contributed by atoms with Crippen molar-refractivity contribution in [3.8, 4) is 11.8 Å². The van der Waals surface area contributed by atoms with E-state index in [2.05, 4.69) is 4.98 Å². The molecule has 1 aromatic heterocycles. The van der Waals surface area contributed by atoms with E-state index in [9.17, 15) is 13.2 Å². The fourth-order valence-corrected chi connectivity index (χ4v) is 1.46. The molecule has 2 aromatic rings. The predicted octanol–water partition coefficient (Wildman–Crippen LogP) is 2.87. The zero-order valence-electron chi connectivity index (χ0n) is 9.55. The minimum absolute atomic E-state index is 0.0276. The highest BCUT2D eigenvalue weighted by Gasteiger charge is 2.12. The molecule has 0 aliphatic carbocycles. The van der Waals surface area contributed by atoms with Crippen molar-refractivity contribution < 1.29 is 17.9 Å². The Morgan fingerprint density at radius 2 is 2.21 bits per heavy atom. The Balaban J connectivity index is 2.09. The number of halogens is 3. The normalized spacial score (nSPS) is 10.5. The molecule has 0 spiro atoms. The number of imidazole rings is 1. The summed E-state index contributed by atoms with van der Waals surface area (Å²) < 4.78 is 44.1. The molecule has 19 heavy (non-hydrogen) atoms. The molecule has 1 heterocycles. The van der Waals surface area contributed by atoms with E-state index in [4.69, 9.17) is 10.00 Å². The fraction of sp³-hybridized carbons (Fsp3) is 0.167. The lowest BCUT2D eigenvalue weighted by Gasteiger charge is -2.08. The van der Waals surface area contributed by atoms with Crippen LogP contribution in [0.15, 0.2) is 30.6 Å². The molecular formula is C12H8F3N3O. The molecule has 0 atom stereocenters. The average molecular weight is 267 g/mol. The largest absolute Gasteiger partial charge is 0.486 e. The molecule has 0 bridgehead atoms. The topological polar surface area (TPSA) is 50.8 Å². The molecule has 0 radical (unpaired) electrons. The summed E-state index contributed by atoms with van der Waals surface area (Å²) in [5.74, 6) is -0.558. The van der Waals surface area contributed by atoms with Crippen LogP contribution in [0, 0.1) is 17.1 Å². The van der Waals surface area contributed by atoms with Crippen LogP contribution in [0.2, 0.25) is 0 Å². The number of aromatic nitrogens is 2. The van der Waals surface area contributed by atoms with Gasteiger partial charge in [0.05, 0.1) is 5.56 Å². The summed E-state index contributed by atoms with van der Waals surface area (Å²) in [4.78, 5) is 3.72. The first kappa shape index (κ1) is 13.0. The molecule has 0 N–H and O–H groups in total. The quantitative estimate of drug-likeness (QED) is 0.855. The molecule has 4 nitrogen and oxygen atoms in total. The lowest BCUT2D eigenvalue weighted by molar-refractivity contribution is 0.0632. The number of rotatable bonds is 4. The maximum atomic E-state index is 13.3. The minimum Gasteiger partial charge on any atom is -0.486 e. The van der Waals surface area contributed by atoms with Gasteiger partial charge in [-0.05, 0) is 12.1 Å². The highest BCUT2D eigenvalue weighted by molar-refractivity contribution is 5.36. The first-order chi connectivity index (χ1) is 9.11. The first-order valence-electron chi connectivity index (χ1n) is 5.24.